The van der Waals surface area contributed by atoms with Gasteiger partial charge in [-0.3, -0.25) is 9.69 Å². The van der Waals surface area contributed by atoms with Gasteiger partial charge in [0.25, 0.3) is 5.91 Å². The first kappa shape index (κ1) is 17.0. The molecule has 0 saturated carbocycles. The molecule has 0 spiro atoms. The van der Waals surface area contributed by atoms with E-state index in [-0.39, 0.29) is 11.9 Å². The van der Waals surface area contributed by atoms with Crippen LogP contribution in [0.4, 0.5) is 4.79 Å². The van der Waals surface area contributed by atoms with E-state index >= 15 is 0 Å². The minimum atomic E-state index is -0.347. The lowest BCUT2D eigenvalue weighted by molar-refractivity contribution is -0.122. The number of hydrogen-bond acceptors (Lipinski definition) is 4. The van der Waals surface area contributed by atoms with E-state index in [4.69, 9.17) is 11.6 Å². The van der Waals surface area contributed by atoms with Crippen LogP contribution in [0.25, 0.3) is 6.08 Å². The van der Waals surface area contributed by atoms with E-state index < -0.39 is 0 Å². The van der Waals surface area contributed by atoms with Crippen molar-refractivity contribution < 1.29 is 9.59 Å². The Morgan fingerprint density at radius 2 is 1.79 bits per heavy atom. The van der Waals surface area contributed by atoms with Crippen molar-refractivity contribution in [3.05, 3.63) is 40.5 Å². The summed E-state index contributed by atoms with van der Waals surface area (Å²) in [5.41, 5.74) is 1.13. The van der Waals surface area contributed by atoms with E-state index in [9.17, 15) is 9.59 Å². The second kappa shape index (κ2) is 7.79. The first-order valence-corrected chi connectivity index (χ1v) is 8.54. The molecule has 7 heteroatoms. The predicted octanol–water partition coefficient (Wildman–Crippen LogP) is 1.53. The van der Waals surface area contributed by atoms with Crippen LogP contribution in [0, 0.1) is 0 Å². The third-order valence-corrected chi connectivity index (χ3v) is 4.46. The summed E-state index contributed by atoms with van der Waals surface area (Å²) in [5.74, 6) is -0.268. The van der Waals surface area contributed by atoms with Crippen LogP contribution in [0.2, 0.25) is 5.02 Å². The van der Waals surface area contributed by atoms with Crippen molar-refractivity contribution in [3.63, 3.8) is 0 Å². The normalized spacial score (nSPS) is 20.7. The molecule has 3 amide bonds. The lowest BCUT2D eigenvalue weighted by atomic mass is 10.2. The zero-order valence-electron chi connectivity index (χ0n) is 13.4. The van der Waals surface area contributed by atoms with Gasteiger partial charge in [-0.2, -0.15) is 0 Å². The molecule has 1 aromatic rings. The number of carbonyl (C=O) groups excluding carboxylic acids is 2. The van der Waals surface area contributed by atoms with Crippen LogP contribution in [0.15, 0.2) is 30.0 Å². The molecular formula is C17H21ClN4O2. The molecule has 0 atom stereocenters. The molecule has 0 aromatic heterocycles. The molecule has 2 aliphatic heterocycles. The van der Waals surface area contributed by atoms with Gasteiger partial charge in [0.05, 0.1) is 0 Å². The molecule has 0 bridgehead atoms. The van der Waals surface area contributed by atoms with Gasteiger partial charge >= 0.3 is 6.03 Å². The number of nitrogens with zero attached hydrogens (tertiary/aromatic N) is 2. The maximum Gasteiger partial charge on any atom is 0.329 e. The fourth-order valence-corrected chi connectivity index (χ4v) is 3.01. The standard InChI is InChI=1S/C17H21ClN4O2/c18-14-4-2-13(3-5-14)12-15-16(23)22(17(24)20-15)9-1-8-21-10-6-19-7-11-21/h2-5,12,19H,1,6-11H2,(H,20,24)/b15-12-. The third kappa shape index (κ3) is 4.14. The lowest BCUT2D eigenvalue weighted by Crippen LogP contribution is -2.44. The number of urea groups is 1. The zero-order chi connectivity index (χ0) is 16.9. The first-order chi connectivity index (χ1) is 11.6. The molecule has 0 aliphatic carbocycles. The molecule has 2 aliphatic rings. The molecule has 128 valence electrons. The van der Waals surface area contributed by atoms with Crippen LogP contribution in [0.3, 0.4) is 0 Å². The molecule has 2 heterocycles. The molecule has 1 aromatic carbocycles. The molecule has 3 rings (SSSR count). The quantitative estimate of drug-likeness (QED) is 0.625. The van der Waals surface area contributed by atoms with Gasteiger partial charge in [0.15, 0.2) is 0 Å². The van der Waals surface area contributed by atoms with Crippen LogP contribution in [0.5, 0.6) is 0 Å². The van der Waals surface area contributed by atoms with Crippen molar-refractivity contribution >= 4 is 29.6 Å². The topological polar surface area (TPSA) is 64.7 Å². The number of halogens is 1. The number of rotatable bonds is 5. The number of amides is 3. The average Bonchev–Trinajstić information content (AvgIpc) is 2.85. The highest BCUT2D eigenvalue weighted by Gasteiger charge is 2.33. The summed E-state index contributed by atoms with van der Waals surface area (Å²) in [7, 11) is 0. The van der Waals surface area contributed by atoms with Gasteiger partial charge in [-0.1, -0.05) is 23.7 Å². The van der Waals surface area contributed by atoms with Crippen molar-refractivity contribution in [2.75, 3.05) is 39.3 Å². The Kier molecular flexibility index (Phi) is 5.50. The summed E-state index contributed by atoms with van der Waals surface area (Å²) in [4.78, 5) is 28.1. The van der Waals surface area contributed by atoms with E-state index in [0.717, 1.165) is 44.7 Å². The fourth-order valence-electron chi connectivity index (χ4n) is 2.89. The van der Waals surface area contributed by atoms with Crippen LogP contribution in [-0.2, 0) is 4.79 Å². The Bertz CT molecular complexity index is 638. The third-order valence-electron chi connectivity index (χ3n) is 4.21. The van der Waals surface area contributed by atoms with Crippen molar-refractivity contribution in [3.8, 4) is 0 Å². The largest absolute Gasteiger partial charge is 0.329 e. The SMILES string of the molecule is O=C1N/C(=C\c2ccc(Cl)cc2)C(=O)N1CCCN1CCNCC1. The van der Waals surface area contributed by atoms with Crippen LogP contribution in [-0.4, -0.2) is 61.0 Å². The number of nitrogens with one attached hydrogen (secondary N) is 2. The smallest absolute Gasteiger partial charge is 0.314 e. The van der Waals surface area contributed by atoms with Gasteiger partial charge in [-0.05, 0) is 36.7 Å². The number of hydrogen-bond donors (Lipinski definition) is 2. The number of carbonyl (C=O) groups is 2. The molecule has 0 radical (unpaired) electrons. The molecule has 2 saturated heterocycles. The van der Waals surface area contributed by atoms with Crippen molar-refractivity contribution in [2.24, 2.45) is 0 Å². The van der Waals surface area contributed by atoms with E-state index in [1.807, 2.05) is 12.1 Å². The Balaban J connectivity index is 1.56. The maximum absolute atomic E-state index is 12.4. The molecule has 0 unspecified atom stereocenters. The van der Waals surface area contributed by atoms with Crippen molar-refractivity contribution in [2.45, 2.75) is 6.42 Å². The highest BCUT2D eigenvalue weighted by molar-refractivity contribution is 6.30. The summed E-state index contributed by atoms with van der Waals surface area (Å²) in [6.45, 7) is 5.36. The highest BCUT2D eigenvalue weighted by Crippen LogP contribution is 2.16. The van der Waals surface area contributed by atoms with Gasteiger partial charge in [-0.25, -0.2) is 4.79 Å². The van der Waals surface area contributed by atoms with E-state index in [1.165, 1.54) is 4.90 Å². The lowest BCUT2D eigenvalue weighted by Gasteiger charge is -2.27. The minimum absolute atomic E-state index is 0.268. The van der Waals surface area contributed by atoms with E-state index in [2.05, 4.69) is 15.5 Å². The van der Waals surface area contributed by atoms with Crippen LogP contribution >= 0.6 is 11.6 Å². The second-order valence-corrected chi connectivity index (χ2v) is 6.38. The van der Waals surface area contributed by atoms with Gasteiger partial charge < -0.3 is 15.5 Å². The van der Waals surface area contributed by atoms with Crippen molar-refractivity contribution in [1.29, 1.82) is 0 Å². The number of benzene rings is 1. The van der Waals surface area contributed by atoms with Crippen LogP contribution < -0.4 is 10.6 Å². The second-order valence-electron chi connectivity index (χ2n) is 5.94. The Labute approximate surface area is 146 Å². The van der Waals surface area contributed by atoms with Crippen LogP contribution in [0.1, 0.15) is 12.0 Å². The minimum Gasteiger partial charge on any atom is -0.314 e. The molecular weight excluding hydrogens is 328 g/mol. The van der Waals surface area contributed by atoms with E-state index in [0.29, 0.717) is 17.3 Å². The first-order valence-electron chi connectivity index (χ1n) is 8.17. The van der Waals surface area contributed by atoms with Gasteiger partial charge in [0.2, 0.25) is 0 Å². The fraction of sp³-hybridized carbons (Fsp3) is 0.412. The summed E-state index contributed by atoms with van der Waals surface area (Å²) in [6.07, 6.45) is 2.46. The van der Waals surface area contributed by atoms with Gasteiger partial charge in [0.1, 0.15) is 5.70 Å². The Hall–Kier alpha value is -1.89. The summed E-state index contributed by atoms with van der Waals surface area (Å²) < 4.78 is 0. The Morgan fingerprint density at radius 1 is 1.08 bits per heavy atom. The number of piperazine rings is 1. The zero-order valence-corrected chi connectivity index (χ0v) is 14.2. The summed E-state index contributed by atoms with van der Waals surface area (Å²) >= 11 is 5.85. The molecule has 2 N–H and O–H groups in total. The van der Waals surface area contributed by atoms with Crippen molar-refractivity contribution in [1.82, 2.24) is 20.4 Å². The molecule has 2 fully saturated rings. The number of imide groups is 1. The van der Waals surface area contributed by atoms with E-state index in [1.54, 1.807) is 18.2 Å². The summed E-state index contributed by atoms with van der Waals surface area (Å²) in [6, 6.07) is 6.77. The molecule has 24 heavy (non-hydrogen) atoms. The predicted molar refractivity (Wildman–Crippen MR) is 93.6 cm³/mol. The average molecular weight is 349 g/mol. The molecule has 6 nitrogen and oxygen atoms in total. The maximum atomic E-state index is 12.4. The van der Waals surface area contributed by atoms with Gasteiger partial charge in [-0.15, -0.1) is 0 Å². The highest BCUT2D eigenvalue weighted by atomic mass is 35.5. The monoisotopic (exact) mass is 348 g/mol. The van der Waals surface area contributed by atoms with Gasteiger partial charge in [0, 0.05) is 37.7 Å². The summed E-state index contributed by atoms with van der Waals surface area (Å²) in [5, 5.41) is 6.59. The Morgan fingerprint density at radius 3 is 2.50 bits per heavy atom.